The maximum absolute atomic E-state index is 14.8. The summed E-state index contributed by atoms with van der Waals surface area (Å²) in [7, 11) is 0. The van der Waals surface area contributed by atoms with Crippen LogP contribution < -0.4 is 4.74 Å². The molecule has 0 spiro atoms. The molecule has 0 unspecified atom stereocenters. The number of para-hydroxylation sites is 3. The molecular weight excluding hydrogens is 291 g/mol. The number of H-pyrrole nitrogens is 1. The highest BCUT2D eigenvalue weighted by atomic mass is 19.1. The summed E-state index contributed by atoms with van der Waals surface area (Å²) in [6.45, 7) is 0. The molecule has 3 aromatic carbocycles. The van der Waals surface area contributed by atoms with Gasteiger partial charge in [0.05, 0.1) is 16.6 Å². The summed E-state index contributed by atoms with van der Waals surface area (Å²) in [5.74, 6) is 0.819. The van der Waals surface area contributed by atoms with E-state index in [0.29, 0.717) is 17.1 Å². The van der Waals surface area contributed by atoms with Gasteiger partial charge in [0.15, 0.2) is 11.6 Å². The van der Waals surface area contributed by atoms with Gasteiger partial charge in [-0.25, -0.2) is 9.37 Å². The number of halogens is 1. The third kappa shape index (κ3) is 2.55. The molecule has 0 saturated carbocycles. The largest absolute Gasteiger partial charge is 0.454 e. The Morgan fingerprint density at radius 1 is 0.826 bits per heavy atom. The van der Waals surface area contributed by atoms with E-state index in [1.54, 1.807) is 30.3 Å². The Balaban J connectivity index is 1.76. The van der Waals surface area contributed by atoms with E-state index in [-0.39, 0.29) is 5.75 Å². The zero-order valence-corrected chi connectivity index (χ0v) is 12.2. The lowest BCUT2D eigenvalue weighted by molar-refractivity contribution is 0.443. The Hall–Kier alpha value is -3.14. The summed E-state index contributed by atoms with van der Waals surface area (Å²) in [5, 5.41) is 0. The third-order valence-corrected chi connectivity index (χ3v) is 3.58. The van der Waals surface area contributed by atoms with Crippen molar-refractivity contribution >= 4 is 11.0 Å². The fourth-order valence-electron chi connectivity index (χ4n) is 2.47. The summed E-state index contributed by atoms with van der Waals surface area (Å²) in [6, 6.07) is 21.8. The van der Waals surface area contributed by atoms with E-state index in [0.717, 1.165) is 11.0 Å². The van der Waals surface area contributed by atoms with Gasteiger partial charge in [-0.05, 0) is 36.4 Å². The minimum absolute atomic E-state index is 0.175. The Morgan fingerprint density at radius 2 is 1.61 bits per heavy atom. The first-order chi connectivity index (χ1) is 11.3. The lowest BCUT2D eigenvalue weighted by Gasteiger charge is -2.08. The van der Waals surface area contributed by atoms with Gasteiger partial charge < -0.3 is 9.72 Å². The number of ether oxygens (including phenoxy) is 1. The van der Waals surface area contributed by atoms with Gasteiger partial charge in [0.2, 0.25) is 0 Å². The summed E-state index contributed by atoms with van der Waals surface area (Å²) >= 11 is 0. The van der Waals surface area contributed by atoms with Crippen molar-refractivity contribution in [2.75, 3.05) is 0 Å². The number of fused-ring (bicyclic) bond motifs is 1. The van der Waals surface area contributed by atoms with E-state index in [2.05, 4.69) is 9.97 Å². The first-order valence-electron chi connectivity index (χ1n) is 7.28. The number of imidazole rings is 1. The highest BCUT2D eigenvalue weighted by molar-refractivity contribution is 5.79. The number of aromatic nitrogens is 2. The first-order valence-corrected chi connectivity index (χ1v) is 7.28. The van der Waals surface area contributed by atoms with Crippen molar-refractivity contribution in [3.63, 3.8) is 0 Å². The molecule has 0 aliphatic rings. The van der Waals surface area contributed by atoms with Crippen LogP contribution in [0.2, 0.25) is 0 Å². The molecule has 0 radical (unpaired) electrons. The molecule has 4 rings (SSSR count). The van der Waals surface area contributed by atoms with Crippen LogP contribution in [0.25, 0.3) is 22.4 Å². The van der Waals surface area contributed by atoms with Crippen LogP contribution in [0.4, 0.5) is 4.39 Å². The third-order valence-electron chi connectivity index (χ3n) is 3.58. The van der Waals surface area contributed by atoms with E-state index in [1.165, 1.54) is 0 Å². The Morgan fingerprint density at radius 3 is 2.43 bits per heavy atom. The molecule has 0 bridgehead atoms. The van der Waals surface area contributed by atoms with E-state index < -0.39 is 5.82 Å². The number of benzene rings is 3. The van der Waals surface area contributed by atoms with Crippen molar-refractivity contribution in [3.8, 4) is 22.9 Å². The lowest BCUT2D eigenvalue weighted by atomic mass is 10.2. The van der Waals surface area contributed by atoms with Gasteiger partial charge in [-0.2, -0.15) is 0 Å². The van der Waals surface area contributed by atoms with Crippen LogP contribution >= 0.6 is 0 Å². The fourth-order valence-corrected chi connectivity index (χ4v) is 2.47. The van der Waals surface area contributed by atoms with Crippen LogP contribution in [0.5, 0.6) is 11.5 Å². The normalized spacial score (nSPS) is 10.8. The van der Waals surface area contributed by atoms with Gasteiger partial charge in [0.25, 0.3) is 0 Å². The number of nitrogens with one attached hydrogen (secondary N) is 1. The summed E-state index contributed by atoms with van der Waals surface area (Å²) < 4.78 is 20.4. The first kappa shape index (κ1) is 13.5. The minimum Gasteiger partial charge on any atom is -0.454 e. The van der Waals surface area contributed by atoms with Gasteiger partial charge >= 0.3 is 0 Å². The highest BCUT2D eigenvalue weighted by Crippen LogP contribution is 2.31. The number of aromatic amines is 1. The second-order valence-electron chi connectivity index (χ2n) is 5.14. The van der Waals surface area contributed by atoms with Crippen molar-refractivity contribution in [2.45, 2.75) is 0 Å². The van der Waals surface area contributed by atoms with Crippen molar-refractivity contribution in [1.82, 2.24) is 9.97 Å². The molecule has 4 aromatic rings. The molecule has 3 nitrogen and oxygen atoms in total. The quantitative estimate of drug-likeness (QED) is 0.567. The maximum atomic E-state index is 14.8. The van der Waals surface area contributed by atoms with E-state index in [9.17, 15) is 4.39 Å². The van der Waals surface area contributed by atoms with Crippen LogP contribution in [-0.2, 0) is 0 Å². The number of nitrogens with zero attached hydrogens (tertiary/aromatic N) is 1. The summed E-state index contributed by atoms with van der Waals surface area (Å²) in [6.07, 6.45) is 0. The average molecular weight is 304 g/mol. The molecule has 0 amide bonds. The molecule has 0 saturated heterocycles. The highest BCUT2D eigenvalue weighted by Gasteiger charge is 2.14. The zero-order valence-electron chi connectivity index (χ0n) is 12.2. The summed E-state index contributed by atoms with van der Waals surface area (Å²) in [5.41, 5.74) is 2.06. The Labute approximate surface area is 132 Å². The van der Waals surface area contributed by atoms with E-state index in [4.69, 9.17) is 4.74 Å². The van der Waals surface area contributed by atoms with Crippen LogP contribution in [0, 0.1) is 5.82 Å². The molecular formula is C19H13FN2O. The molecule has 112 valence electrons. The average Bonchev–Trinajstić information content (AvgIpc) is 3.01. The van der Waals surface area contributed by atoms with Crippen LogP contribution in [-0.4, -0.2) is 9.97 Å². The molecule has 1 N–H and O–H groups in total. The van der Waals surface area contributed by atoms with Crippen LogP contribution in [0.1, 0.15) is 0 Å². The number of rotatable bonds is 3. The van der Waals surface area contributed by atoms with Gasteiger partial charge in [-0.3, -0.25) is 0 Å². The van der Waals surface area contributed by atoms with Gasteiger partial charge in [0, 0.05) is 0 Å². The van der Waals surface area contributed by atoms with Crippen molar-refractivity contribution in [2.24, 2.45) is 0 Å². The molecule has 0 fully saturated rings. The zero-order chi connectivity index (χ0) is 15.6. The molecule has 1 heterocycles. The molecule has 4 heteroatoms. The van der Waals surface area contributed by atoms with Gasteiger partial charge in [-0.1, -0.05) is 36.4 Å². The minimum atomic E-state index is -0.435. The monoisotopic (exact) mass is 304 g/mol. The Bertz CT molecular complexity index is 930. The second kappa shape index (κ2) is 5.57. The lowest BCUT2D eigenvalue weighted by Crippen LogP contribution is -1.92. The standard InChI is InChI=1S/C19H13FN2O/c20-18-14(19-21-15-10-4-5-11-16(15)22-19)9-6-12-17(18)23-13-7-2-1-3-8-13/h1-12H,(H,21,22). The van der Waals surface area contributed by atoms with E-state index in [1.807, 2.05) is 42.5 Å². The summed E-state index contributed by atoms with van der Waals surface area (Å²) in [4.78, 5) is 7.58. The molecule has 0 atom stereocenters. The maximum Gasteiger partial charge on any atom is 0.176 e. The number of hydrogen-bond donors (Lipinski definition) is 1. The SMILES string of the molecule is Fc1c(Oc2ccccc2)cccc1-c1nc2ccccc2[nH]1. The predicted octanol–water partition coefficient (Wildman–Crippen LogP) is 5.16. The predicted molar refractivity (Wildman–Crippen MR) is 88.0 cm³/mol. The van der Waals surface area contributed by atoms with Crippen LogP contribution in [0.15, 0.2) is 72.8 Å². The van der Waals surface area contributed by atoms with Crippen molar-refractivity contribution < 1.29 is 9.13 Å². The fraction of sp³-hybridized carbons (Fsp3) is 0. The van der Waals surface area contributed by atoms with Crippen molar-refractivity contribution in [1.29, 1.82) is 0 Å². The molecule has 0 aliphatic heterocycles. The van der Waals surface area contributed by atoms with Gasteiger partial charge in [-0.15, -0.1) is 0 Å². The molecule has 1 aromatic heterocycles. The van der Waals surface area contributed by atoms with Crippen molar-refractivity contribution in [3.05, 3.63) is 78.6 Å². The van der Waals surface area contributed by atoms with E-state index >= 15 is 0 Å². The molecule has 23 heavy (non-hydrogen) atoms. The smallest absolute Gasteiger partial charge is 0.176 e. The molecule has 0 aliphatic carbocycles. The van der Waals surface area contributed by atoms with Gasteiger partial charge in [0.1, 0.15) is 11.6 Å². The number of hydrogen-bond acceptors (Lipinski definition) is 2. The topological polar surface area (TPSA) is 37.9 Å². The second-order valence-corrected chi connectivity index (χ2v) is 5.14. The Kier molecular flexibility index (Phi) is 3.27. The van der Waals surface area contributed by atoms with Crippen LogP contribution in [0.3, 0.4) is 0 Å².